The van der Waals surface area contributed by atoms with Crippen LogP contribution in [0.3, 0.4) is 0 Å². The Bertz CT molecular complexity index is 214. The van der Waals surface area contributed by atoms with Gasteiger partial charge in [0.05, 0.1) is 5.41 Å². The molecule has 0 saturated carbocycles. The van der Waals surface area contributed by atoms with Gasteiger partial charge in [0, 0.05) is 26.2 Å². The van der Waals surface area contributed by atoms with E-state index in [1.807, 2.05) is 32.8 Å². The van der Waals surface area contributed by atoms with Gasteiger partial charge in [-0.15, -0.1) is 0 Å². The summed E-state index contributed by atoms with van der Waals surface area (Å²) in [4.78, 5) is 16.2. The van der Waals surface area contributed by atoms with Crippen molar-refractivity contribution < 1.29 is 4.79 Å². The van der Waals surface area contributed by atoms with Gasteiger partial charge in [0.2, 0.25) is 5.91 Å². The van der Waals surface area contributed by atoms with Crippen molar-refractivity contribution in [2.24, 2.45) is 11.1 Å². The maximum absolute atomic E-state index is 12.2. The van der Waals surface area contributed by atoms with E-state index in [4.69, 9.17) is 5.73 Å². The van der Waals surface area contributed by atoms with Gasteiger partial charge < -0.3 is 15.5 Å². The molecule has 1 amide bonds. The van der Waals surface area contributed by atoms with Crippen LogP contribution in [0.25, 0.3) is 0 Å². The van der Waals surface area contributed by atoms with Gasteiger partial charge >= 0.3 is 0 Å². The van der Waals surface area contributed by atoms with E-state index in [0.29, 0.717) is 6.54 Å². The molecular weight excluding hydrogens is 202 g/mol. The third-order valence-electron chi connectivity index (χ3n) is 2.69. The van der Waals surface area contributed by atoms with Crippen molar-refractivity contribution in [3.63, 3.8) is 0 Å². The highest BCUT2D eigenvalue weighted by Crippen LogP contribution is 2.17. The van der Waals surface area contributed by atoms with Crippen LogP contribution in [-0.4, -0.2) is 56.0 Å². The number of carbonyl (C=O) groups is 1. The highest BCUT2D eigenvalue weighted by Gasteiger charge is 2.29. The zero-order valence-electron chi connectivity index (χ0n) is 11.4. The second kappa shape index (κ2) is 6.86. The number of amides is 1. The molecule has 0 aliphatic carbocycles. The molecule has 0 spiro atoms. The molecule has 0 aromatic heterocycles. The number of rotatable bonds is 7. The Morgan fingerprint density at radius 1 is 1.19 bits per heavy atom. The second-order valence-electron chi connectivity index (χ2n) is 5.18. The van der Waals surface area contributed by atoms with Crippen molar-refractivity contribution in [1.29, 1.82) is 0 Å². The van der Waals surface area contributed by atoms with Gasteiger partial charge in [0.15, 0.2) is 0 Å². The minimum atomic E-state index is -0.443. The van der Waals surface area contributed by atoms with Crippen LogP contribution < -0.4 is 5.73 Å². The zero-order chi connectivity index (χ0) is 12.8. The van der Waals surface area contributed by atoms with Gasteiger partial charge in [-0.1, -0.05) is 6.92 Å². The summed E-state index contributed by atoms with van der Waals surface area (Å²) in [5.74, 6) is 0.165. The van der Waals surface area contributed by atoms with Crippen molar-refractivity contribution in [1.82, 2.24) is 9.80 Å². The number of nitrogens with zero attached hydrogens (tertiary/aromatic N) is 2. The summed E-state index contributed by atoms with van der Waals surface area (Å²) in [6.45, 7) is 8.80. The Morgan fingerprint density at radius 2 is 1.75 bits per heavy atom. The van der Waals surface area contributed by atoms with Crippen molar-refractivity contribution >= 4 is 5.91 Å². The average Bonchev–Trinajstić information content (AvgIpc) is 2.22. The van der Waals surface area contributed by atoms with E-state index in [0.717, 1.165) is 26.1 Å². The van der Waals surface area contributed by atoms with Crippen LogP contribution in [0.15, 0.2) is 0 Å². The molecule has 0 saturated heterocycles. The fourth-order valence-electron chi connectivity index (χ4n) is 1.42. The molecule has 16 heavy (non-hydrogen) atoms. The second-order valence-corrected chi connectivity index (χ2v) is 5.18. The van der Waals surface area contributed by atoms with Gasteiger partial charge in [-0.2, -0.15) is 0 Å². The van der Waals surface area contributed by atoms with Crippen LogP contribution in [0.2, 0.25) is 0 Å². The van der Waals surface area contributed by atoms with Gasteiger partial charge in [0.1, 0.15) is 0 Å². The first-order valence-electron chi connectivity index (χ1n) is 5.99. The van der Waals surface area contributed by atoms with E-state index in [-0.39, 0.29) is 5.91 Å². The lowest BCUT2D eigenvalue weighted by atomic mass is 9.91. The maximum atomic E-state index is 12.2. The van der Waals surface area contributed by atoms with E-state index in [9.17, 15) is 4.79 Å². The SMILES string of the molecule is CCCN(CCN(C)C)C(=O)C(C)(C)CN. The molecule has 0 radical (unpaired) electrons. The molecule has 0 aromatic rings. The molecule has 0 aliphatic heterocycles. The summed E-state index contributed by atoms with van der Waals surface area (Å²) < 4.78 is 0. The van der Waals surface area contributed by atoms with Gasteiger partial charge in [-0.3, -0.25) is 4.79 Å². The lowest BCUT2D eigenvalue weighted by molar-refractivity contribution is -0.140. The largest absolute Gasteiger partial charge is 0.341 e. The van der Waals surface area contributed by atoms with Crippen molar-refractivity contribution in [2.45, 2.75) is 27.2 Å². The van der Waals surface area contributed by atoms with E-state index < -0.39 is 5.41 Å². The van der Waals surface area contributed by atoms with E-state index in [2.05, 4.69) is 11.8 Å². The first-order valence-corrected chi connectivity index (χ1v) is 5.99. The standard InChI is InChI=1S/C12H27N3O/c1-6-7-15(9-8-14(4)5)11(16)12(2,3)10-13/h6-10,13H2,1-5H3. The monoisotopic (exact) mass is 229 g/mol. The topological polar surface area (TPSA) is 49.6 Å². The number of likely N-dealkylation sites (N-methyl/N-ethyl adjacent to an activating group) is 1. The molecule has 0 aliphatic rings. The molecule has 0 atom stereocenters. The molecule has 0 aromatic carbocycles. The summed E-state index contributed by atoms with van der Waals surface area (Å²) in [5, 5.41) is 0. The van der Waals surface area contributed by atoms with Crippen molar-refractivity contribution in [3.05, 3.63) is 0 Å². The minimum absolute atomic E-state index is 0.165. The van der Waals surface area contributed by atoms with Gasteiger partial charge in [0.25, 0.3) is 0 Å². The molecule has 4 heteroatoms. The molecule has 0 bridgehead atoms. The summed E-state index contributed by atoms with van der Waals surface area (Å²) in [6.07, 6.45) is 0.986. The van der Waals surface area contributed by atoms with Crippen molar-refractivity contribution in [3.8, 4) is 0 Å². The first kappa shape index (κ1) is 15.4. The fourth-order valence-corrected chi connectivity index (χ4v) is 1.42. The highest BCUT2D eigenvalue weighted by atomic mass is 16.2. The predicted molar refractivity (Wildman–Crippen MR) is 68.3 cm³/mol. The van der Waals surface area contributed by atoms with Crippen molar-refractivity contribution in [2.75, 3.05) is 40.3 Å². The van der Waals surface area contributed by atoms with Crippen LogP contribution in [0.4, 0.5) is 0 Å². The fraction of sp³-hybridized carbons (Fsp3) is 0.917. The Balaban J connectivity index is 4.46. The lowest BCUT2D eigenvalue weighted by Crippen LogP contribution is -2.47. The van der Waals surface area contributed by atoms with E-state index in [1.165, 1.54) is 0 Å². The summed E-state index contributed by atoms with van der Waals surface area (Å²) >= 11 is 0. The molecule has 4 nitrogen and oxygen atoms in total. The number of nitrogens with two attached hydrogens (primary N) is 1. The normalized spacial score (nSPS) is 11.9. The molecule has 0 unspecified atom stereocenters. The molecule has 0 rings (SSSR count). The van der Waals surface area contributed by atoms with Crippen LogP contribution in [0, 0.1) is 5.41 Å². The molecular formula is C12H27N3O. The van der Waals surface area contributed by atoms with Crippen LogP contribution in [0.1, 0.15) is 27.2 Å². The number of carbonyl (C=O) groups excluding carboxylic acids is 1. The highest BCUT2D eigenvalue weighted by molar-refractivity contribution is 5.82. The summed E-state index contributed by atoms with van der Waals surface area (Å²) in [7, 11) is 4.03. The Kier molecular flexibility index (Phi) is 6.60. The maximum Gasteiger partial charge on any atom is 0.229 e. The smallest absolute Gasteiger partial charge is 0.229 e. The molecule has 0 fully saturated rings. The first-order chi connectivity index (χ1) is 7.35. The number of hydrogen-bond acceptors (Lipinski definition) is 3. The Hall–Kier alpha value is -0.610. The average molecular weight is 229 g/mol. The predicted octanol–water partition coefficient (Wildman–Crippen LogP) is 0.772. The van der Waals surface area contributed by atoms with E-state index >= 15 is 0 Å². The van der Waals surface area contributed by atoms with Crippen LogP contribution >= 0.6 is 0 Å². The minimum Gasteiger partial charge on any atom is -0.341 e. The third kappa shape index (κ3) is 4.94. The molecule has 0 heterocycles. The third-order valence-corrected chi connectivity index (χ3v) is 2.69. The summed E-state index contributed by atoms with van der Waals surface area (Å²) in [5.41, 5.74) is 5.20. The molecule has 96 valence electrons. The van der Waals surface area contributed by atoms with Gasteiger partial charge in [-0.05, 0) is 34.4 Å². The lowest BCUT2D eigenvalue weighted by Gasteiger charge is -2.31. The van der Waals surface area contributed by atoms with Crippen LogP contribution in [0.5, 0.6) is 0 Å². The Morgan fingerprint density at radius 3 is 2.12 bits per heavy atom. The Labute approximate surface area is 99.8 Å². The zero-order valence-corrected chi connectivity index (χ0v) is 11.4. The number of hydrogen-bond donors (Lipinski definition) is 1. The van der Waals surface area contributed by atoms with E-state index in [1.54, 1.807) is 0 Å². The molecule has 2 N–H and O–H groups in total. The van der Waals surface area contributed by atoms with Crippen LogP contribution in [-0.2, 0) is 4.79 Å². The van der Waals surface area contributed by atoms with Gasteiger partial charge in [-0.25, -0.2) is 0 Å². The quantitative estimate of drug-likeness (QED) is 0.701. The summed E-state index contributed by atoms with van der Waals surface area (Å²) in [6, 6.07) is 0.